The maximum atomic E-state index is 14.7. The van der Waals surface area contributed by atoms with Crippen molar-refractivity contribution in [1.82, 2.24) is 9.80 Å². The molecule has 2 aromatic rings. The number of carbonyl (C=O) groups is 3. The molecular weight excluding hydrogens is 546 g/mol. The molecule has 8 heteroatoms. The maximum Gasteiger partial charge on any atom is 0.247 e. The molecule has 4 heterocycles. The molecule has 0 aliphatic carbocycles. The number of anilines is 1. The zero-order valence-electron chi connectivity index (χ0n) is 24.0. The van der Waals surface area contributed by atoms with Gasteiger partial charge in [0.1, 0.15) is 6.04 Å². The first-order chi connectivity index (χ1) is 20.5. The number of hydrogen-bond acceptors (Lipinski definition) is 5. The van der Waals surface area contributed by atoms with Crippen LogP contribution in [0.4, 0.5) is 5.69 Å². The summed E-state index contributed by atoms with van der Waals surface area (Å²) in [5.74, 6) is -1.71. The molecule has 0 radical (unpaired) electrons. The van der Waals surface area contributed by atoms with Crippen LogP contribution in [0.3, 0.4) is 0 Å². The van der Waals surface area contributed by atoms with Crippen LogP contribution in [0, 0.1) is 11.8 Å². The smallest absolute Gasteiger partial charge is 0.247 e. The second kappa shape index (κ2) is 12.1. The van der Waals surface area contributed by atoms with Gasteiger partial charge >= 0.3 is 0 Å². The lowest BCUT2D eigenvalue weighted by Crippen LogP contribution is -2.57. The van der Waals surface area contributed by atoms with E-state index in [4.69, 9.17) is 0 Å². The fourth-order valence-electron chi connectivity index (χ4n) is 7.25. The standard InChI is InChI=1S/C34H39N3O4S/c1-2-3-10-19-35-20-12-18-34-29(28-27(42-34)17-11-21-36(31(28)39)25-15-8-5-9-16-25)32(40)37(30(34)33(35)41)26(23-38)22-24-13-6-4-7-14-24/h4-9,11-18,26-30,38H,2-3,10,19-23H2,1H3/t26-,27+,28-,29+,30?,34+/m1/s1. The number of amides is 3. The Morgan fingerprint density at radius 3 is 2.38 bits per heavy atom. The van der Waals surface area contributed by atoms with E-state index in [0.29, 0.717) is 26.1 Å². The highest BCUT2D eigenvalue weighted by molar-refractivity contribution is 8.02. The highest BCUT2D eigenvalue weighted by atomic mass is 32.2. The second-order valence-electron chi connectivity index (χ2n) is 11.7. The number of hydrogen-bond donors (Lipinski definition) is 1. The van der Waals surface area contributed by atoms with Crippen molar-refractivity contribution in [1.29, 1.82) is 0 Å². The molecule has 6 atom stereocenters. The largest absolute Gasteiger partial charge is 0.394 e. The van der Waals surface area contributed by atoms with Crippen molar-refractivity contribution in [3.63, 3.8) is 0 Å². The highest BCUT2D eigenvalue weighted by Crippen LogP contribution is 2.61. The number of aliphatic hydroxyl groups is 1. The summed E-state index contributed by atoms with van der Waals surface area (Å²) in [4.78, 5) is 48.9. The van der Waals surface area contributed by atoms with Crippen molar-refractivity contribution in [2.24, 2.45) is 11.8 Å². The van der Waals surface area contributed by atoms with Gasteiger partial charge in [-0.05, 0) is 30.5 Å². The molecule has 6 rings (SSSR count). The first kappa shape index (κ1) is 28.7. The van der Waals surface area contributed by atoms with Crippen molar-refractivity contribution in [2.75, 3.05) is 31.1 Å². The highest BCUT2D eigenvalue weighted by Gasteiger charge is 2.71. The van der Waals surface area contributed by atoms with Crippen LogP contribution in [0.15, 0.2) is 85.0 Å². The van der Waals surface area contributed by atoms with Gasteiger partial charge in [0.05, 0.1) is 29.2 Å². The van der Waals surface area contributed by atoms with E-state index >= 15 is 0 Å². The number of para-hydroxylation sites is 1. The van der Waals surface area contributed by atoms with E-state index in [1.807, 2.05) is 77.7 Å². The molecule has 0 bridgehead atoms. The summed E-state index contributed by atoms with van der Waals surface area (Å²) < 4.78 is -0.896. The normalized spacial score (nSPS) is 29.3. The number of likely N-dealkylation sites (tertiary alicyclic amines) is 1. The fourth-order valence-corrected chi connectivity index (χ4v) is 9.24. The first-order valence-electron chi connectivity index (χ1n) is 15.1. The summed E-state index contributed by atoms with van der Waals surface area (Å²) in [7, 11) is 0. The fraction of sp³-hybridized carbons (Fsp3) is 0.441. The van der Waals surface area contributed by atoms with Crippen LogP contribution in [0.25, 0.3) is 0 Å². The number of rotatable bonds is 9. The molecule has 1 unspecified atom stereocenters. The van der Waals surface area contributed by atoms with E-state index in [2.05, 4.69) is 19.1 Å². The van der Waals surface area contributed by atoms with Gasteiger partial charge in [-0.2, -0.15) is 0 Å². The molecule has 42 heavy (non-hydrogen) atoms. The predicted molar refractivity (Wildman–Crippen MR) is 166 cm³/mol. The summed E-state index contributed by atoms with van der Waals surface area (Å²) >= 11 is 1.59. The van der Waals surface area contributed by atoms with Gasteiger partial charge in [-0.25, -0.2) is 0 Å². The molecular formula is C34H39N3O4S. The second-order valence-corrected chi connectivity index (χ2v) is 13.2. The van der Waals surface area contributed by atoms with Crippen LogP contribution in [0.1, 0.15) is 31.7 Å². The molecule has 7 nitrogen and oxygen atoms in total. The van der Waals surface area contributed by atoms with Gasteiger partial charge in [0.2, 0.25) is 17.7 Å². The van der Waals surface area contributed by atoms with Gasteiger partial charge < -0.3 is 19.8 Å². The lowest BCUT2D eigenvalue weighted by atomic mass is 9.78. The lowest BCUT2D eigenvalue weighted by molar-refractivity contribution is -0.145. The Kier molecular flexibility index (Phi) is 8.28. The molecule has 2 saturated heterocycles. The van der Waals surface area contributed by atoms with Gasteiger partial charge in [-0.3, -0.25) is 14.4 Å². The van der Waals surface area contributed by atoms with E-state index in [1.165, 1.54) is 0 Å². The van der Waals surface area contributed by atoms with Gasteiger partial charge in [0.15, 0.2) is 0 Å². The molecule has 3 amide bonds. The Morgan fingerprint density at radius 2 is 1.67 bits per heavy atom. The van der Waals surface area contributed by atoms with Crippen molar-refractivity contribution in [3.8, 4) is 0 Å². The molecule has 220 valence electrons. The van der Waals surface area contributed by atoms with E-state index in [9.17, 15) is 19.5 Å². The summed E-state index contributed by atoms with van der Waals surface area (Å²) in [6.45, 7) is 3.41. The predicted octanol–water partition coefficient (Wildman–Crippen LogP) is 4.08. The Balaban J connectivity index is 1.42. The zero-order valence-corrected chi connectivity index (χ0v) is 24.9. The zero-order chi connectivity index (χ0) is 29.3. The minimum absolute atomic E-state index is 0.0845. The van der Waals surface area contributed by atoms with Crippen LogP contribution in [0.2, 0.25) is 0 Å². The third-order valence-corrected chi connectivity index (χ3v) is 10.9. The third-order valence-electron chi connectivity index (χ3n) is 9.20. The Hall–Kier alpha value is -3.36. The van der Waals surface area contributed by atoms with E-state index in [0.717, 1.165) is 30.5 Å². The van der Waals surface area contributed by atoms with Crippen molar-refractivity contribution >= 4 is 35.2 Å². The van der Waals surface area contributed by atoms with E-state index < -0.39 is 28.7 Å². The number of nitrogens with zero attached hydrogens (tertiary/aromatic N) is 3. The van der Waals surface area contributed by atoms with Gasteiger partial charge in [-0.15, -0.1) is 11.8 Å². The molecule has 1 spiro atoms. The van der Waals surface area contributed by atoms with Crippen LogP contribution in [-0.4, -0.2) is 80.9 Å². The number of benzene rings is 2. The van der Waals surface area contributed by atoms with Crippen molar-refractivity contribution < 1.29 is 19.5 Å². The van der Waals surface area contributed by atoms with Crippen LogP contribution < -0.4 is 4.90 Å². The average Bonchev–Trinajstić information content (AvgIpc) is 3.33. The van der Waals surface area contributed by atoms with Crippen LogP contribution in [0.5, 0.6) is 0 Å². The number of unbranched alkanes of at least 4 members (excludes halogenated alkanes) is 2. The minimum atomic E-state index is -0.896. The first-order valence-corrected chi connectivity index (χ1v) is 16.0. The van der Waals surface area contributed by atoms with Crippen LogP contribution in [-0.2, 0) is 20.8 Å². The maximum absolute atomic E-state index is 14.7. The van der Waals surface area contributed by atoms with Crippen molar-refractivity contribution in [3.05, 3.63) is 90.5 Å². The summed E-state index contributed by atoms with van der Waals surface area (Å²) in [6, 6.07) is 18.0. The Morgan fingerprint density at radius 1 is 0.929 bits per heavy atom. The molecule has 0 aromatic heterocycles. The summed E-state index contributed by atoms with van der Waals surface area (Å²) in [6.07, 6.45) is 11.6. The average molecular weight is 586 g/mol. The number of aliphatic hydroxyl groups excluding tert-OH is 1. The quantitative estimate of drug-likeness (QED) is 0.355. The SMILES string of the molecule is CCCCCN1CC=C[C@]23S[C@H]4C=CCN(c5ccccc5)C(=O)[C@H]4[C@H]2C(=O)N([C@@H](CO)Cc2ccccc2)C3C1=O. The molecule has 1 N–H and O–H groups in total. The molecule has 4 aliphatic rings. The van der Waals surface area contributed by atoms with Gasteiger partial charge in [0.25, 0.3) is 0 Å². The van der Waals surface area contributed by atoms with Gasteiger partial charge in [0, 0.05) is 30.6 Å². The van der Waals surface area contributed by atoms with E-state index in [-0.39, 0.29) is 29.6 Å². The van der Waals surface area contributed by atoms with E-state index in [1.54, 1.807) is 21.6 Å². The van der Waals surface area contributed by atoms with Crippen LogP contribution >= 0.6 is 11.8 Å². The molecule has 0 saturated carbocycles. The number of carbonyl (C=O) groups excluding carboxylic acids is 3. The molecule has 2 fully saturated rings. The third kappa shape index (κ3) is 4.88. The lowest BCUT2D eigenvalue weighted by Gasteiger charge is -2.38. The number of thioether (sulfide) groups is 1. The number of fused-ring (bicyclic) bond motifs is 2. The molecule has 4 aliphatic heterocycles. The molecule has 2 aromatic carbocycles. The summed E-state index contributed by atoms with van der Waals surface area (Å²) in [5.41, 5.74) is 1.78. The Bertz CT molecular complexity index is 1370. The summed E-state index contributed by atoms with van der Waals surface area (Å²) in [5, 5.41) is 10.5. The van der Waals surface area contributed by atoms with Crippen molar-refractivity contribution in [2.45, 2.75) is 54.7 Å². The monoisotopic (exact) mass is 585 g/mol. The van der Waals surface area contributed by atoms with Gasteiger partial charge in [-0.1, -0.05) is 92.6 Å². The minimum Gasteiger partial charge on any atom is -0.394 e. The Labute approximate surface area is 252 Å². The topological polar surface area (TPSA) is 81.2 Å².